The summed E-state index contributed by atoms with van der Waals surface area (Å²) in [5.74, 6) is 2.34. The van der Waals surface area contributed by atoms with Crippen LogP contribution in [0.15, 0.2) is 10.8 Å². The summed E-state index contributed by atoms with van der Waals surface area (Å²) >= 11 is 2.82. The van der Waals surface area contributed by atoms with Crippen LogP contribution in [-0.2, 0) is 9.53 Å². The lowest BCUT2D eigenvalue weighted by atomic mass is 10.3. The normalized spacial score (nSPS) is 18.1. The molecule has 4 nitrogen and oxygen atoms in total. The first-order valence-corrected chi connectivity index (χ1v) is 7.31. The first-order chi connectivity index (χ1) is 8.29. The van der Waals surface area contributed by atoms with Crippen molar-refractivity contribution < 1.29 is 19.0 Å². The highest BCUT2D eigenvalue weighted by Crippen LogP contribution is 2.35. The van der Waals surface area contributed by atoms with Crippen molar-refractivity contribution in [3.8, 4) is 11.5 Å². The van der Waals surface area contributed by atoms with Gasteiger partial charge in [-0.25, -0.2) is 0 Å². The van der Waals surface area contributed by atoms with Gasteiger partial charge in [-0.05, 0) is 5.75 Å². The molecule has 17 heavy (non-hydrogen) atoms. The third-order valence-electron chi connectivity index (χ3n) is 2.14. The van der Waals surface area contributed by atoms with Gasteiger partial charge in [0.2, 0.25) is 5.12 Å². The average Bonchev–Trinajstić information content (AvgIpc) is 2.76. The minimum absolute atomic E-state index is 0.0560. The van der Waals surface area contributed by atoms with E-state index in [4.69, 9.17) is 14.2 Å². The smallest absolute Gasteiger partial charge is 0.214 e. The fourth-order valence-corrected chi connectivity index (χ4v) is 2.58. The molecule has 0 saturated carbocycles. The molecular formula is C11H14O4S2. The predicted molar refractivity (Wildman–Crippen MR) is 68.2 cm³/mol. The largest absolute Gasteiger partial charge is 0.485 e. The van der Waals surface area contributed by atoms with Gasteiger partial charge in [0.1, 0.15) is 13.2 Å². The van der Waals surface area contributed by atoms with Crippen LogP contribution in [0.3, 0.4) is 0 Å². The van der Waals surface area contributed by atoms with Crippen molar-refractivity contribution >= 4 is 28.2 Å². The van der Waals surface area contributed by atoms with Crippen molar-refractivity contribution in [2.24, 2.45) is 0 Å². The molecule has 0 aromatic carbocycles. The number of carbonyl (C=O) groups is 1. The highest BCUT2D eigenvalue weighted by molar-refractivity contribution is 8.13. The van der Waals surface area contributed by atoms with Gasteiger partial charge in [-0.3, -0.25) is 4.79 Å². The van der Waals surface area contributed by atoms with Crippen LogP contribution in [0.1, 0.15) is 6.92 Å². The van der Waals surface area contributed by atoms with E-state index in [1.165, 1.54) is 11.8 Å². The number of fused-ring (bicyclic) bond motifs is 1. The summed E-state index contributed by atoms with van der Waals surface area (Å²) in [5.41, 5.74) is 0. The second kappa shape index (κ2) is 6.28. The van der Waals surface area contributed by atoms with Crippen LogP contribution in [0, 0.1) is 0 Å². The van der Waals surface area contributed by atoms with Gasteiger partial charge < -0.3 is 14.2 Å². The van der Waals surface area contributed by atoms with E-state index in [1.54, 1.807) is 11.3 Å². The van der Waals surface area contributed by atoms with Crippen molar-refractivity contribution in [1.29, 1.82) is 0 Å². The Morgan fingerprint density at radius 1 is 1.59 bits per heavy atom. The number of hydrogen-bond acceptors (Lipinski definition) is 6. The molecule has 1 unspecified atom stereocenters. The molecule has 2 rings (SSSR count). The summed E-state index contributed by atoms with van der Waals surface area (Å²) in [4.78, 5) is 11.2. The van der Waals surface area contributed by atoms with E-state index in [2.05, 4.69) is 0 Å². The van der Waals surface area contributed by atoms with E-state index in [0.717, 1.165) is 17.3 Å². The molecule has 1 aromatic heterocycles. The zero-order valence-electron chi connectivity index (χ0n) is 9.51. The lowest BCUT2D eigenvalue weighted by molar-refractivity contribution is -0.116. The van der Waals surface area contributed by atoms with E-state index < -0.39 is 0 Å². The maximum atomic E-state index is 11.2. The van der Waals surface area contributed by atoms with Crippen molar-refractivity contribution in [2.75, 3.05) is 25.6 Å². The maximum absolute atomic E-state index is 11.2. The van der Waals surface area contributed by atoms with Gasteiger partial charge >= 0.3 is 0 Å². The van der Waals surface area contributed by atoms with E-state index in [9.17, 15) is 4.79 Å². The van der Waals surface area contributed by atoms with Crippen molar-refractivity contribution in [3.63, 3.8) is 0 Å². The van der Waals surface area contributed by atoms with E-state index in [1.807, 2.05) is 17.7 Å². The summed E-state index contributed by atoms with van der Waals surface area (Å²) in [6.07, 6.45) is -0.128. The quantitative estimate of drug-likeness (QED) is 0.823. The van der Waals surface area contributed by atoms with Gasteiger partial charge in [0, 0.05) is 10.8 Å². The average molecular weight is 274 g/mol. The number of ether oxygens (including phenoxy) is 3. The van der Waals surface area contributed by atoms with Crippen molar-refractivity contribution in [1.82, 2.24) is 0 Å². The Kier molecular flexibility index (Phi) is 4.70. The Hall–Kier alpha value is -0.720. The standard InChI is InChI=1S/C11H14O4S2/c1-2-17-11(12)5-13-3-8-4-14-9-6-16-7-10(9)15-8/h6-8H,2-5H2,1H3. The number of carbonyl (C=O) groups excluding carboxylic acids is 1. The third kappa shape index (κ3) is 3.62. The Labute approximate surface area is 108 Å². The monoisotopic (exact) mass is 274 g/mol. The molecule has 94 valence electrons. The first kappa shape index (κ1) is 12.7. The maximum Gasteiger partial charge on any atom is 0.214 e. The van der Waals surface area contributed by atoms with E-state index in [-0.39, 0.29) is 17.8 Å². The number of hydrogen-bond donors (Lipinski definition) is 0. The van der Waals surface area contributed by atoms with Crippen LogP contribution in [0.4, 0.5) is 0 Å². The zero-order chi connectivity index (χ0) is 12.1. The fraction of sp³-hybridized carbons (Fsp3) is 0.545. The number of thiophene rings is 1. The van der Waals surface area contributed by atoms with Crippen LogP contribution in [0.5, 0.6) is 11.5 Å². The first-order valence-electron chi connectivity index (χ1n) is 5.38. The molecule has 1 atom stereocenters. The summed E-state index contributed by atoms with van der Waals surface area (Å²) in [7, 11) is 0. The molecule has 0 N–H and O–H groups in total. The molecule has 0 bridgehead atoms. The molecule has 0 radical (unpaired) electrons. The summed E-state index contributed by atoms with van der Waals surface area (Å²) in [6, 6.07) is 0. The van der Waals surface area contributed by atoms with Gasteiger partial charge in [0.15, 0.2) is 17.6 Å². The minimum atomic E-state index is -0.128. The summed E-state index contributed by atoms with van der Waals surface area (Å²) in [5, 5.41) is 3.87. The van der Waals surface area contributed by atoms with E-state index in [0.29, 0.717) is 13.2 Å². The molecule has 0 amide bonds. The Morgan fingerprint density at radius 3 is 3.24 bits per heavy atom. The molecule has 0 fully saturated rings. The van der Waals surface area contributed by atoms with Crippen molar-refractivity contribution in [3.05, 3.63) is 10.8 Å². The van der Waals surface area contributed by atoms with Crippen LogP contribution >= 0.6 is 23.1 Å². The third-order valence-corrected chi connectivity index (χ3v) is 3.57. The zero-order valence-corrected chi connectivity index (χ0v) is 11.1. The van der Waals surface area contributed by atoms with Gasteiger partial charge in [-0.1, -0.05) is 18.7 Å². The highest BCUT2D eigenvalue weighted by atomic mass is 32.2. The number of rotatable bonds is 5. The number of thioether (sulfide) groups is 1. The van der Waals surface area contributed by atoms with Gasteiger partial charge in [-0.15, -0.1) is 11.3 Å². The molecule has 6 heteroatoms. The Morgan fingerprint density at radius 2 is 2.41 bits per heavy atom. The summed E-state index contributed by atoms with van der Waals surface area (Å²) < 4.78 is 16.5. The molecule has 0 saturated heterocycles. The second-order valence-electron chi connectivity index (χ2n) is 3.47. The molecule has 0 spiro atoms. The van der Waals surface area contributed by atoms with Crippen LogP contribution in [-0.4, -0.2) is 36.8 Å². The molecular weight excluding hydrogens is 260 g/mol. The Bertz CT molecular complexity index is 377. The van der Waals surface area contributed by atoms with Crippen LogP contribution < -0.4 is 9.47 Å². The SMILES string of the molecule is CCSC(=O)COCC1COc2cscc2O1. The molecule has 0 aliphatic carbocycles. The lowest BCUT2D eigenvalue weighted by Gasteiger charge is -2.24. The molecule has 1 aliphatic heterocycles. The van der Waals surface area contributed by atoms with Crippen molar-refractivity contribution in [2.45, 2.75) is 13.0 Å². The second-order valence-corrected chi connectivity index (χ2v) is 5.54. The highest BCUT2D eigenvalue weighted by Gasteiger charge is 2.21. The van der Waals surface area contributed by atoms with Crippen LogP contribution in [0.2, 0.25) is 0 Å². The van der Waals surface area contributed by atoms with Crippen LogP contribution in [0.25, 0.3) is 0 Å². The van der Waals surface area contributed by atoms with Gasteiger partial charge in [-0.2, -0.15) is 0 Å². The lowest BCUT2D eigenvalue weighted by Crippen LogP contribution is -2.33. The van der Waals surface area contributed by atoms with E-state index >= 15 is 0 Å². The summed E-state index contributed by atoms with van der Waals surface area (Å²) in [6.45, 7) is 2.93. The van der Waals surface area contributed by atoms with Gasteiger partial charge in [0.25, 0.3) is 0 Å². The Balaban J connectivity index is 1.70. The van der Waals surface area contributed by atoms with Gasteiger partial charge in [0.05, 0.1) is 6.61 Å². The minimum Gasteiger partial charge on any atom is -0.485 e. The molecule has 2 heterocycles. The topological polar surface area (TPSA) is 44.8 Å². The predicted octanol–water partition coefficient (Wildman–Crippen LogP) is 2.18. The molecule has 1 aliphatic rings. The fourth-order valence-electron chi connectivity index (χ4n) is 1.42. The molecule has 1 aromatic rings.